The molecule has 1 aliphatic rings. The summed E-state index contributed by atoms with van der Waals surface area (Å²) in [7, 11) is 0. The smallest absolute Gasteiger partial charge is 0.149 e. The molecule has 2 aromatic carbocycles. The molecule has 1 aliphatic carbocycles. The van der Waals surface area contributed by atoms with Gasteiger partial charge in [-0.25, -0.2) is 4.98 Å². The normalized spacial score (nSPS) is 21.2. The van der Waals surface area contributed by atoms with E-state index in [0.29, 0.717) is 17.5 Å². The molecule has 1 fully saturated rings. The van der Waals surface area contributed by atoms with E-state index < -0.39 is 0 Å². The number of nitriles is 1. The number of nitrogen functional groups attached to an aromatic ring is 3. The van der Waals surface area contributed by atoms with Crippen LogP contribution in [0.3, 0.4) is 0 Å². The molecule has 0 radical (unpaired) electrons. The molecule has 170 valence electrons. The van der Waals surface area contributed by atoms with Crippen LogP contribution in [0.15, 0.2) is 66.7 Å². The third-order valence-electron chi connectivity index (χ3n) is 6.96. The van der Waals surface area contributed by atoms with Crippen molar-refractivity contribution in [2.75, 3.05) is 23.7 Å². The van der Waals surface area contributed by atoms with Gasteiger partial charge < -0.3 is 22.5 Å². The Labute approximate surface area is 195 Å². The first kappa shape index (κ1) is 22.6. The van der Waals surface area contributed by atoms with Crippen LogP contribution >= 0.6 is 0 Å². The number of nitrogens with two attached hydrogens (primary N) is 3. The number of pyridine rings is 1. The van der Waals surface area contributed by atoms with Crippen LogP contribution < -0.4 is 22.5 Å². The molecule has 1 aromatic heterocycles. The van der Waals surface area contributed by atoms with Crippen LogP contribution in [0.5, 0.6) is 0 Å². The Morgan fingerprint density at radius 1 is 1.00 bits per heavy atom. The van der Waals surface area contributed by atoms with Gasteiger partial charge in [0.15, 0.2) is 0 Å². The van der Waals surface area contributed by atoms with E-state index in [2.05, 4.69) is 40.6 Å². The first-order valence-corrected chi connectivity index (χ1v) is 11.6. The molecule has 1 atom stereocenters. The number of aromatic nitrogens is 1. The summed E-state index contributed by atoms with van der Waals surface area (Å²) in [6.07, 6.45) is 4.57. The van der Waals surface area contributed by atoms with Gasteiger partial charge in [0.05, 0.1) is 17.2 Å². The van der Waals surface area contributed by atoms with Crippen LogP contribution in [0, 0.1) is 11.3 Å². The quantitative estimate of drug-likeness (QED) is 0.433. The van der Waals surface area contributed by atoms with Gasteiger partial charge >= 0.3 is 0 Å². The van der Waals surface area contributed by atoms with Crippen molar-refractivity contribution in [1.29, 1.82) is 5.26 Å². The van der Waals surface area contributed by atoms with Crippen molar-refractivity contribution < 1.29 is 0 Å². The average molecular weight is 441 g/mol. The highest BCUT2D eigenvalue weighted by Gasteiger charge is 2.36. The van der Waals surface area contributed by atoms with Gasteiger partial charge in [0, 0.05) is 12.0 Å². The molecule has 0 saturated heterocycles. The van der Waals surface area contributed by atoms with Crippen LogP contribution in [0.2, 0.25) is 0 Å². The molecule has 0 aliphatic heterocycles. The standard InChI is InChI=1S/C27H32N6/c28-18-27(20-9-5-2-6-10-20)14-11-21(12-15-27)32-16-13-22(19-7-3-1-4-8-19)23-17-24(29)33-26(31)25(23)30/h1-10,17,21-22,32H,11-16,30H2,(H4,29,31,33). The second-order valence-electron chi connectivity index (χ2n) is 8.98. The summed E-state index contributed by atoms with van der Waals surface area (Å²) in [4.78, 5) is 4.10. The van der Waals surface area contributed by atoms with Gasteiger partial charge in [0.25, 0.3) is 0 Å². The maximum atomic E-state index is 9.95. The average Bonchev–Trinajstić information content (AvgIpc) is 2.86. The largest absolute Gasteiger partial charge is 0.396 e. The van der Waals surface area contributed by atoms with E-state index in [9.17, 15) is 5.26 Å². The Hall–Kier alpha value is -3.56. The fourth-order valence-corrected chi connectivity index (χ4v) is 5.06. The van der Waals surface area contributed by atoms with Gasteiger partial charge in [-0.3, -0.25) is 0 Å². The lowest BCUT2D eigenvalue weighted by Crippen LogP contribution is -2.39. The highest BCUT2D eigenvalue weighted by molar-refractivity contribution is 5.68. The Morgan fingerprint density at radius 2 is 1.64 bits per heavy atom. The number of hydrogen-bond donors (Lipinski definition) is 4. The van der Waals surface area contributed by atoms with Crippen molar-refractivity contribution in [2.24, 2.45) is 0 Å². The molecule has 3 aromatic rings. The first-order chi connectivity index (χ1) is 16.0. The van der Waals surface area contributed by atoms with E-state index >= 15 is 0 Å². The lowest BCUT2D eigenvalue weighted by atomic mass is 9.69. The minimum atomic E-state index is -0.368. The third kappa shape index (κ3) is 4.94. The second-order valence-corrected chi connectivity index (χ2v) is 8.98. The molecule has 0 bridgehead atoms. The number of anilines is 3. The lowest BCUT2D eigenvalue weighted by Gasteiger charge is -2.36. The van der Waals surface area contributed by atoms with Crippen LogP contribution in [-0.2, 0) is 5.41 Å². The molecule has 33 heavy (non-hydrogen) atoms. The first-order valence-electron chi connectivity index (χ1n) is 11.6. The van der Waals surface area contributed by atoms with Crippen molar-refractivity contribution in [2.45, 2.75) is 49.5 Å². The van der Waals surface area contributed by atoms with E-state index in [0.717, 1.165) is 49.8 Å². The van der Waals surface area contributed by atoms with E-state index in [1.165, 1.54) is 5.56 Å². The second kappa shape index (κ2) is 9.93. The predicted molar refractivity (Wildman–Crippen MR) is 134 cm³/mol. The highest BCUT2D eigenvalue weighted by atomic mass is 14.9. The zero-order chi connectivity index (χ0) is 23.3. The maximum absolute atomic E-state index is 9.95. The zero-order valence-corrected chi connectivity index (χ0v) is 18.9. The van der Waals surface area contributed by atoms with Crippen LogP contribution in [0.4, 0.5) is 17.3 Å². The van der Waals surface area contributed by atoms with Gasteiger partial charge in [-0.05, 0) is 61.4 Å². The number of hydrogen-bond acceptors (Lipinski definition) is 6. The summed E-state index contributed by atoms with van der Waals surface area (Å²) in [6, 6.07) is 25.4. The van der Waals surface area contributed by atoms with Crippen molar-refractivity contribution in [1.82, 2.24) is 10.3 Å². The van der Waals surface area contributed by atoms with Crippen molar-refractivity contribution in [3.05, 3.63) is 83.4 Å². The van der Waals surface area contributed by atoms with E-state index in [1.807, 2.05) is 42.5 Å². The van der Waals surface area contributed by atoms with E-state index in [-0.39, 0.29) is 17.2 Å². The van der Waals surface area contributed by atoms with Gasteiger partial charge in [-0.2, -0.15) is 5.26 Å². The van der Waals surface area contributed by atoms with Gasteiger partial charge in [-0.15, -0.1) is 0 Å². The molecule has 1 unspecified atom stereocenters. The summed E-state index contributed by atoms with van der Waals surface area (Å²) in [6.45, 7) is 0.830. The highest BCUT2D eigenvalue weighted by Crippen LogP contribution is 2.39. The number of nitrogens with one attached hydrogen (secondary N) is 1. The Morgan fingerprint density at radius 3 is 2.27 bits per heavy atom. The monoisotopic (exact) mass is 440 g/mol. The van der Waals surface area contributed by atoms with E-state index in [1.54, 1.807) is 0 Å². The topological polar surface area (TPSA) is 127 Å². The molecule has 1 heterocycles. The Kier molecular flexibility index (Phi) is 6.81. The SMILES string of the molecule is N#CC1(c2ccccc2)CCC(NCCC(c2ccccc2)c2cc(N)nc(N)c2N)CC1. The van der Waals surface area contributed by atoms with Gasteiger partial charge in [-0.1, -0.05) is 60.7 Å². The molecule has 0 amide bonds. The summed E-state index contributed by atoms with van der Waals surface area (Å²) < 4.78 is 0. The molecule has 4 rings (SSSR count). The zero-order valence-electron chi connectivity index (χ0n) is 18.9. The molecule has 0 spiro atoms. The minimum absolute atomic E-state index is 0.0670. The summed E-state index contributed by atoms with van der Waals surface area (Å²) in [5, 5.41) is 13.7. The molecule has 6 heteroatoms. The third-order valence-corrected chi connectivity index (χ3v) is 6.96. The van der Waals surface area contributed by atoms with Crippen LogP contribution in [-0.4, -0.2) is 17.6 Å². The molecule has 1 saturated carbocycles. The van der Waals surface area contributed by atoms with Crippen molar-refractivity contribution in [3.63, 3.8) is 0 Å². The van der Waals surface area contributed by atoms with E-state index in [4.69, 9.17) is 17.2 Å². The number of nitrogens with zero attached hydrogens (tertiary/aromatic N) is 2. The minimum Gasteiger partial charge on any atom is -0.396 e. The maximum Gasteiger partial charge on any atom is 0.149 e. The Bertz CT molecular complexity index is 1100. The fourth-order valence-electron chi connectivity index (χ4n) is 5.06. The summed E-state index contributed by atoms with van der Waals surface area (Å²) >= 11 is 0. The summed E-state index contributed by atoms with van der Waals surface area (Å²) in [5.41, 5.74) is 21.7. The molecule has 6 nitrogen and oxygen atoms in total. The van der Waals surface area contributed by atoms with Crippen molar-refractivity contribution >= 4 is 17.3 Å². The fraction of sp³-hybridized carbons (Fsp3) is 0.333. The van der Waals surface area contributed by atoms with Gasteiger partial charge in [0.1, 0.15) is 11.6 Å². The predicted octanol–water partition coefficient (Wildman–Crippen LogP) is 4.34. The molecule has 7 N–H and O–H groups in total. The van der Waals surface area contributed by atoms with Crippen LogP contribution in [0.25, 0.3) is 0 Å². The van der Waals surface area contributed by atoms with Gasteiger partial charge in [0.2, 0.25) is 0 Å². The van der Waals surface area contributed by atoms with Crippen LogP contribution in [0.1, 0.15) is 54.7 Å². The number of rotatable bonds is 7. The van der Waals surface area contributed by atoms with Crippen molar-refractivity contribution in [3.8, 4) is 6.07 Å². The Balaban J connectivity index is 1.43. The number of benzene rings is 2. The molecular weight excluding hydrogens is 408 g/mol. The molecular formula is C27H32N6. The lowest BCUT2D eigenvalue weighted by molar-refractivity contribution is 0.294. The summed E-state index contributed by atoms with van der Waals surface area (Å²) in [5.74, 6) is 0.726.